The zero-order valence-corrected chi connectivity index (χ0v) is 18.2. The molecular formula is C25H27NO6. The normalized spacial score (nSPS) is 16.0. The molecule has 0 N–H and O–H groups in total. The molecule has 1 saturated carbocycles. The lowest BCUT2D eigenvalue weighted by atomic mass is 9.84. The smallest absolute Gasteiger partial charge is 0.347 e. The Morgan fingerprint density at radius 2 is 1.66 bits per heavy atom. The molecule has 1 aliphatic carbocycles. The van der Waals surface area contributed by atoms with Crippen molar-refractivity contribution in [2.24, 2.45) is 5.16 Å². The average Bonchev–Trinajstić information content (AvgIpc) is 3.31. The molecular weight excluding hydrogens is 410 g/mol. The van der Waals surface area contributed by atoms with Crippen molar-refractivity contribution in [3.63, 3.8) is 0 Å². The molecule has 7 nitrogen and oxygen atoms in total. The van der Waals surface area contributed by atoms with Crippen molar-refractivity contribution in [3.8, 4) is 11.5 Å². The highest BCUT2D eigenvalue weighted by molar-refractivity contribution is 5.99. The van der Waals surface area contributed by atoms with Gasteiger partial charge in [-0.15, -0.1) is 0 Å². The highest BCUT2D eigenvalue weighted by atomic mass is 16.7. The molecule has 2 aromatic carbocycles. The first-order valence-corrected chi connectivity index (χ1v) is 11.0. The van der Waals surface area contributed by atoms with Gasteiger partial charge in [0.15, 0.2) is 23.9 Å². The van der Waals surface area contributed by atoms with Crippen LogP contribution in [-0.4, -0.2) is 37.5 Å². The fourth-order valence-corrected chi connectivity index (χ4v) is 4.00. The second kappa shape index (κ2) is 10.3. The average molecular weight is 437 g/mol. The van der Waals surface area contributed by atoms with Gasteiger partial charge in [-0.05, 0) is 49.4 Å². The maximum Gasteiger partial charge on any atom is 0.347 e. The van der Waals surface area contributed by atoms with Crippen molar-refractivity contribution in [2.75, 3.05) is 20.0 Å². The number of carbonyl (C=O) groups is 2. The van der Waals surface area contributed by atoms with Crippen LogP contribution in [0.15, 0.2) is 47.6 Å². The zero-order chi connectivity index (χ0) is 22.3. The van der Waals surface area contributed by atoms with Gasteiger partial charge in [-0.3, -0.25) is 4.79 Å². The second-order valence-electron chi connectivity index (χ2n) is 8.06. The van der Waals surface area contributed by atoms with Crippen molar-refractivity contribution in [3.05, 3.63) is 59.2 Å². The predicted octanol–water partition coefficient (Wildman–Crippen LogP) is 4.63. The van der Waals surface area contributed by atoms with Crippen LogP contribution in [-0.2, 0) is 14.4 Å². The summed E-state index contributed by atoms with van der Waals surface area (Å²) in [5, 5.41) is 3.93. The zero-order valence-electron chi connectivity index (χ0n) is 18.2. The maximum atomic E-state index is 12.3. The van der Waals surface area contributed by atoms with E-state index in [2.05, 4.69) is 5.16 Å². The summed E-state index contributed by atoms with van der Waals surface area (Å²) in [5.74, 6) is 1.01. The minimum atomic E-state index is -0.653. The van der Waals surface area contributed by atoms with Crippen LogP contribution in [0.5, 0.6) is 11.5 Å². The predicted molar refractivity (Wildman–Crippen MR) is 118 cm³/mol. The molecule has 0 unspecified atom stereocenters. The summed E-state index contributed by atoms with van der Waals surface area (Å²) in [4.78, 5) is 29.3. The number of benzene rings is 2. The number of ether oxygens (including phenoxy) is 3. The first-order valence-electron chi connectivity index (χ1n) is 11.0. The van der Waals surface area contributed by atoms with Crippen molar-refractivity contribution < 1.29 is 28.6 Å². The van der Waals surface area contributed by atoms with E-state index in [4.69, 9.17) is 19.0 Å². The number of oxime groups is 1. The summed E-state index contributed by atoms with van der Waals surface area (Å²) in [6, 6.07) is 13.1. The molecule has 0 bridgehead atoms. The number of rotatable bonds is 8. The number of fused-ring (bicyclic) bond motifs is 1. The topological polar surface area (TPSA) is 83.4 Å². The Kier molecular flexibility index (Phi) is 7.04. The van der Waals surface area contributed by atoms with Gasteiger partial charge < -0.3 is 19.0 Å². The molecule has 0 amide bonds. The van der Waals surface area contributed by atoms with Gasteiger partial charge in [0, 0.05) is 11.1 Å². The molecule has 1 aliphatic heterocycles. The van der Waals surface area contributed by atoms with Gasteiger partial charge in [0.1, 0.15) is 0 Å². The number of esters is 1. The molecule has 0 atom stereocenters. The molecule has 168 valence electrons. The lowest BCUT2D eigenvalue weighted by molar-refractivity contribution is -0.147. The Morgan fingerprint density at radius 3 is 2.44 bits per heavy atom. The molecule has 32 heavy (non-hydrogen) atoms. The number of nitrogens with zero attached hydrogens (tertiary/aromatic N) is 1. The molecule has 0 spiro atoms. The van der Waals surface area contributed by atoms with Gasteiger partial charge in [-0.2, -0.15) is 0 Å². The van der Waals surface area contributed by atoms with Crippen LogP contribution >= 0.6 is 0 Å². The van der Waals surface area contributed by atoms with E-state index in [-0.39, 0.29) is 25.8 Å². The Hall–Kier alpha value is -3.35. The van der Waals surface area contributed by atoms with Crippen molar-refractivity contribution in [2.45, 2.75) is 44.9 Å². The third kappa shape index (κ3) is 5.46. The van der Waals surface area contributed by atoms with E-state index in [0.717, 1.165) is 5.56 Å². The molecule has 0 saturated heterocycles. The minimum Gasteiger partial charge on any atom is -0.455 e. The third-order valence-electron chi connectivity index (χ3n) is 5.85. The Labute approximate surface area is 187 Å². The van der Waals surface area contributed by atoms with Crippen LogP contribution in [0.1, 0.15) is 66.4 Å². The largest absolute Gasteiger partial charge is 0.455 e. The second-order valence-corrected chi connectivity index (χ2v) is 8.06. The van der Waals surface area contributed by atoms with Crippen molar-refractivity contribution in [1.29, 1.82) is 0 Å². The van der Waals surface area contributed by atoms with E-state index in [9.17, 15) is 9.59 Å². The van der Waals surface area contributed by atoms with Gasteiger partial charge >= 0.3 is 5.97 Å². The lowest BCUT2D eigenvalue weighted by Gasteiger charge is -2.22. The standard InChI is InChI=1S/C25H27NO6/c1-17(21-11-12-23-24(13-21)31-16-30-23)26-32-15-25(28)29-14-22(27)20-9-7-19(8-10-20)18-5-3-2-4-6-18/h7-13,18H,2-6,14-16H2,1H3/b26-17+. The fraction of sp³-hybridized carbons (Fsp3) is 0.400. The number of hydrogen-bond donors (Lipinski definition) is 0. The maximum absolute atomic E-state index is 12.3. The summed E-state index contributed by atoms with van der Waals surface area (Å²) in [7, 11) is 0. The van der Waals surface area contributed by atoms with Gasteiger partial charge in [0.2, 0.25) is 13.4 Å². The van der Waals surface area contributed by atoms with Gasteiger partial charge in [0.05, 0.1) is 5.71 Å². The minimum absolute atomic E-state index is 0.195. The number of hydrogen-bond acceptors (Lipinski definition) is 7. The van der Waals surface area contributed by atoms with E-state index in [0.29, 0.717) is 28.7 Å². The number of carbonyl (C=O) groups excluding carboxylic acids is 2. The van der Waals surface area contributed by atoms with Gasteiger partial charge in [0.25, 0.3) is 0 Å². The first-order chi connectivity index (χ1) is 15.6. The molecule has 1 fully saturated rings. The van der Waals surface area contributed by atoms with Crippen LogP contribution in [0.4, 0.5) is 0 Å². The van der Waals surface area contributed by atoms with Crippen LogP contribution in [0, 0.1) is 0 Å². The molecule has 4 rings (SSSR count). The summed E-state index contributed by atoms with van der Waals surface area (Å²) in [5.41, 5.74) is 3.18. The van der Waals surface area contributed by atoms with E-state index >= 15 is 0 Å². The van der Waals surface area contributed by atoms with Crippen LogP contribution < -0.4 is 9.47 Å². The van der Waals surface area contributed by atoms with Crippen LogP contribution in [0.2, 0.25) is 0 Å². The molecule has 2 aliphatic rings. The lowest BCUT2D eigenvalue weighted by Crippen LogP contribution is -2.17. The fourth-order valence-electron chi connectivity index (χ4n) is 4.00. The Bertz CT molecular complexity index is 992. The van der Waals surface area contributed by atoms with E-state index in [1.165, 1.54) is 37.7 Å². The summed E-state index contributed by atoms with van der Waals surface area (Å²) >= 11 is 0. The quantitative estimate of drug-likeness (QED) is 0.259. The summed E-state index contributed by atoms with van der Waals surface area (Å²) in [6.45, 7) is 1.25. The van der Waals surface area contributed by atoms with Crippen LogP contribution in [0.3, 0.4) is 0 Å². The SMILES string of the molecule is C/C(=N\OCC(=O)OCC(=O)c1ccc(C2CCCCC2)cc1)c1ccc2c(c1)OCO2. The van der Waals surface area contributed by atoms with E-state index in [1.807, 2.05) is 30.3 Å². The third-order valence-corrected chi connectivity index (χ3v) is 5.85. The van der Waals surface area contributed by atoms with E-state index < -0.39 is 5.97 Å². The summed E-state index contributed by atoms with van der Waals surface area (Å²) < 4.78 is 15.6. The first kappa shape index (κ1) is 21.9. The van der Waals surface area contributed by atoms with Gasteiger partial charge in [-0.25, -0.2) is 4.79 Å². The molecule has 2 aromatic rings. The van der Waals surface area contributed by atoms with E-state index in [1.54, 1.807) is 19.1 Å². The monoisotopic (exact) mass is 437 g/mol. The highest BCUT2D eigenvalue weighted by Crippen LogP contribution is 2.33. The molecule has 0 radical (unpaired) electrons. The molecule has 7 heteroatoms. The Balaban J connectivity index is 1.21. The molecule has 1 heterocycles. The highest BCUT2D eigenvalue weighted by Gasteiger charge is 2.17. The van der Waals surface area contributed by atoms with Crippen LogP contribution in [0.25, 0.3) is 0 Å². The molecule has 0 aromatic heterocycles. The number of Topliss-reactive ketones (excluding diaryl/α,β-unsaturated/α-hetero) is 1. The van der Waals surface area contributed by atoms with Gasteiger partial charge in [-0.1, -0.05) is 48.7 Å². The number of ketones is 1. The van der Waals surface area contributed by atoms with Crippen molar-refractivity contribution in [1.82, 2.24) is 0 Å². The van der Waals surface area contributed by atoms with Crippen molar-refractivity contribution >= 4 is 17.5 Å². The Morgan fingerprint density at radius 1 is 0.938 bits per heavy atom. The summed E-state index contributed by atoms with van der Waals surface area (Å²) in [6.07, 6.45) is 6.27.